The third-order valence-corrected chi connectivity index (χ3v) is 3.54. The number of hydrogen-bond donors (Lipinski definition) is 0. The first-order valence-corrected chi connectivity index (χ1v) is 5.72. The molecule has 3 rings (SSSR count). The van der Waals surface area contributed by atoms with Gasteiger partial charge in [0, 0.05) is 18.4 Å². The van der Waals surface area contributed by atoms with Crippen LogP contribution in [0.25, 0.3) is 5.57 Å². The molecule has 0 amide bonds. The molecule has 0 radical (unpaired) electrons. The molecule has 16 heavy (non-hydrogen) atoms. The zero-order valence-corrected chi connectivity index (χ0v) is 9.38. The summed E-state index contributed by atoms with van der Waals surface area (Å²) in [5, 5.41) is 0. The Hall–Kier alpha value is -1.57. The van der Waals surface area contributed by atoms with Gasteiger partial charge in [0.1, 0.15) is 5.75 Å². The maximum absolute atomic E-state index is 11.8. The third-order valence-electron chi connectivity index (χ3n) is 3.54. The molecule has 0 bridgehead atoms. The van der Waals surface area contributed by atoms with Gasteiger partial charge in [0.2, 0.25) is 0 Å². The van der Waals surface area contributed by atoms with Gasteiger partial charge in [0.25, 0.3) is 0 Å². The lowest BCUT2D eigenvalue weighted by atomic mass is 9.91. The van der Waals surface area contributed by atoms with Crippen molar-refractivity contribution in [2.45, 2.75) is 25.7 Å². The molecule has 2 heteroatoms. The van der Waals surface area contributed by atoms with E-state index in [0.717, 1.165) is 37.0 Å². The van der Waals surface area contributed by atoms with Crippen LogP contribution in [0.5, 0.6) is 5.75 Å². The van der Waals surface area contributed by atoms with Crippen LogP contribution in [0.3, 0.4) is 0 Å². The second kappa shape index (κ2) is 3.48. The lowest BCUT2D eigenvalue weighted by Crippen LogP contribution is -2.08. The van der Waals surface area contributed by atoms with Crippen molar-refractivity contribution in [3.8, 4) is 5.75 Å². The summed E-state index contributed by atoms with van der Waals surface area (Å²) in [5.74, 6) is 1.22. The molecule has 82 valence electrons. The van der Waals surface area contributed by atoms with Gasteiger partial charge in [0.15, 0.2) is 5.78 Å². The largest absolute Gasteiger partial charge is 0.497 e. The second-order valence-corrected chi connectivity index (χ2v) is 4.43. The number of Topliss-reactive ketones (excluding diaryl/α,β-unsaturated/α-hetero) is 1. The van der Waals surface area contributed by atoms with E-state index < -0.39 is 0 Å². The van der Waals surface area contributed by atoms with Crippen molar-refractivity contribution in [3.63, 3.8) is 0 Å². The van der Waals surface area contributed by atoms with Crippen molar-refractivity contribution < 1.29 is 9.53 Å². The van der Waals surface area contributed by atoms with E-state index in [4.69, 9.17) is 4.74 Å². The number of fused-ring (bicyclic) bond motifs is 2. The predicted molar refractivity (Wildman–Crippen MR) is 62.5 cm³/mol. The Morgan fingerprint density at radius 3 is 2.88 bits per heavy atom. The number of methoxy groups -OCH3 is 1. The summed E-state index contributed by atoms with van der Waals surface area (Å²) in [6.45, 7) is 0. The highest BCUT2D eigenvalue weighted by molar-refractivity contribution is 6.06. The first-order valence-electron chi connectivity index (χ1n) is 5.72. The Labute approximate surface area is 94.9 Å². The molecule has 0 saturated heterocycles. The maximum atomic E-state index is 11.8. The van der Waals surface area contributed by atoms with E-state index >= 15 is 0 Å². The summed E-state index contributed by atoms with van der Waals surface area (Å²) in [6.07, 6.45) is 3.59. The van der Waals surface area contributed by atoms with Gasteiger partial charge in [-0.2, -0.15) is 0 Å². The molecule has 0 atom stereocenters. The molecule has 2 aliphatic carbocycles. The molecule has 0 aliphatic heterocycles. The van der Waals surface area contributed by atoms with Crippen molar-refractivity contribution in [1.82, 2.24) is 0 Å². The fourth-order valence-corrected chi connectivity index (χ4v) is 2.73. The van der Waals surface area contributed by atoms with Gasteiger partial charge in [-0.15, -0.1) is 0 Å². The van der Waals surface area contributed by atoms with E-state index in [9.17, 15) is 4.79 Å². The van der Waals surface area contributed by atoms with Gasteiger partial charge in [-0.1, -0.05) is 6.07 Å². The standard InChI is InChI=1S/C14H14O2/c1-16-10-5-6-11-9(7-10)8-13-12(11)3-2-4-14(13)15/h5-7H,2-4,8H2,1H3. The van der Waals surface area contributed by atoms with Crippen molar-refractivity contribution in [1.29, 1.82) is 0 Å². The SMILES string of the molecule is COc1ccc2c(c1)CC1=C2CCCC1=O. The maximum Gasteiger partial charge on any atom is 0.159 e. The first-order chi connectivity index (χ1) is 7.79. The molecular formula is C14H14O2. The average Bonchev–Trinajstić information content (AvgIpc) is 2.68. The van der Waals surface area contributed by atoms with Gasteiger partial charge in [-0.3, -0.25) is 4.79 Å². The number of ether oxygens (including phenoxy) is 1. The van der Waals surface area contributed by atoms with Crippen LogP contribution in [-0.2, 0) is 11.2 Å². The molecule has 0 aromatic heterocycles. The van der Waals surface area contributed by atoms with Crippen LogP contribution in [0, 0.1) is 0 Å². The number of benzene rings is 1. The van der Waals surface area contributed by atoms with Gasteiger partial charge < -0.3 is 4.74 Å². The van der Waals surface area contributed by atoms with Crippen LogP contribution in [0.4, 0.5) is 0 Å². The minimum absolute atomic E-state index is 0.344. The molecule has 1 aromatic carbocycles. The molecule has 2 nitrogen and oxygen atoms in total. The smallest absolute Gasteiger partial charge is 0.159 e. The Morgan fingerprint density at radius 2 is 2.06 bits per heavy atom. The molecule has 0 N–H and O–H groups in total. The van der Waals surface area contributed by atoms with E-state index in [1.54, 1.807) is 7.11 Å². The fraction of sp³-hybridized carbons (Fsp3) is 0.357. The molecule has 0 fully saturated rings. The quantitative estimate of drug-likeness (QED) is 0.718. The predicted octanol–water partition coefficient (Wildman–Crippen LogP) is 2.76. The molecule has 0 heterocycles. The van der Waals surface area contributed by atoms with Crippen molar-refractivity contribution in [2.24, 2.45) is 0 Å². The van der Waals surface area contributed by atoms with Crippen molar-refractivity contribution in [2.75, 3.05) is 7.11 Å². The number of carbonyl (C=O) groups excluding carboxylic acids is 1. The lowest BCUT2D eigenvalue weighted by molar-refractivity contribution is -0.115. The Balaban J connectivity index is 2.08. The Bertz CT molecular complexity index is 497. The summed E-state index contributed by atoms with van der Waals surface area (Å²) in [7, 11) is 1.68. The van der Waals surface area contributed by atoms with Crippen molar-refractivity contribution in [3.05, 3.63) is 34.9 Å². The van der Waals surface area contributed by atoms with Gasteiger partial charge in [-0.25, -0.2) is 0 Å². The fourth-order valence-electron chi connectivity index (χ4n) is 2.73. The molecular weight excluding hydrogens is 200 g/mol. The summed E-state index contributed by atoms with van der Waals surface area (Å²) in [4.78, 5) is 11.8. The summed E-state index contributed by atoms with van der Waals surface area (Å²) in [5.41, 5.74) is 4.85. The highest BCUT2D eigenvalue weighted by Crippen LogP contribution is 2.41. The number of rotatable bonds is 1. The van der Waals surface area contributed by atoms with Gasteiger partial charge in [0.05, 0.1) is 7.11 Å². The highest BCUT2D eigenvalue weighted by Gasteiger charge is 2.28. The minimum atomic E-state index is 0.344. The lowest BCUT2D eigenvalue weighted by Gasteiger charge is -2.13. The van der Waals surface area contributed by atoms with Crippen LogP contribution in [0.15, 0.2) is 23.8 Å². The number of allylic oxidation sites excluding steroid dienone is 2. The third kappa shape index (κ3) is 1.29. The average molecular weight is 214 g/mol. The number of ketones is 1. The van der Waals surface area contributed by atoms with Crippen LogP contribution in [0.1, 0.15) is 30.4 Å². The van der Waals surface area contributed by atoms with Crippen LogP contribution in [0.2, 0.25) is 0 Å². The van der Waals surface area contributed by atoms with Crippen LogP contribution in [-0.4, -0.2) is 12.9 Å². The van der Waals surface area contributed by atoms with Gasteiger partial charge in [-0.05, 0) is 41.7 Å². The van der Waals surface area contributed by atoms with Gasteiger partial charge >= 0.3 is 0 Å². The van der Waals surface area contributed by atoms with Crippen LogP contribution < -0.4 is 4.74 Å². The summed E-state index contributed by atoms with van der Waals surface area (Å²) < 4.78 is 5.22. The summed E-state index contributed by atoms with van der Waals surface area (Å²) in [6, 6.07) is 6.13. The Kier molecular flexibility index (Phi) is 2.10. The number of hydrogen-bond acceptors (Lipinski definition) is 2. The minimum Gasteiger partial charge on any atom is -0.497 e. The zero-order valence-electron chi connectivity index (χ0n) is 9.38. The molecule has 1 aromatic rings. The second-order valence-electron chi connectivity index (χ2n) is 4.43. The number of carbonyl (C=O) groups is 1. The van der Waals surface area contributed by atoms with E-state index in [0.29, 0.717) is 5.78 Å². The normalized spacial score (nSPS) is 18.4. The molecule has 0 saturated carbocycles. The highest BCUT2D eigenvalue weighted by atomic mass is 16.5. The van der Waals surface area contributed by atoms with Crippen molar-refractivity contribution >= 4 is 11.4 Å². The molecule has 0 spiro atoms. The topological polar surface area (TPSA) is 26.3 Å². The van der Waals surface area contributed by atoms with E-state index in [2.05, 4.69) is 12.1 Å². The zero-order chi connectivity index (χ0) is 11.1. The van der Waals surface area contributed by atoms with E-state index in [1.807, 2.05) is 6.07 Å². The monoisotopic (exact) mass is 214 g/mol. The van der Waals surface area contributed by atoms with E-state index in [-0.39, 0.29) is 0 Å². The van der Waals surface area contributed by atoms with E-state index in [1.165, 1.54) is 16.7 Å². The molecule has 2 aliphatic rings. The first kappa shape index (κ1) is 9.64. The Morgan fingerprint density at radius 1 is 1.19 bits per heavy atom. The van der Waals surface area contributed by atoms with Crippen LogP contribution >= 0.6 is 0 Å². The summed E-state index contributed by atoms with van der Waals surface area (Å²) >= 11 is 0. The molecule has 0 unspecified atom stereocenters.